The molecule has 2 aliphatic heterocycles. The molecular weight excluding hydrogens is 801 g/mol. The van der Waals surface area contributed by atoms with Crippen molar-refractivity contribution in [3.63, 3.8) is 0 Å². The molecule has 4 aliphatic carbocycles. The van der Waals surface area contributed by atoms with Crippen LogP contribution in [0.25, 0.3) is 10.9 Å². The summed E-state index contributed by atoms with van der Waals surface area (Å²) < 4.78 is 69.6. The zero-order valence-corrected chi connectivity index (χ0v) is 35.3. The molecule has 4 saturated carbocycles. The number of carbonyl (C=O) groups excluding carboxylic acids is 4. The number of carbonyl (C=O) groups is 4. The molecule has 0 spiro atoms. The van der Waals surface area contributed by atoms with Crippen LogP contribution >= 0.6 is 0 Å². The number of fused-ring (bicyclic) bond motifs is 7. The summed E-state index contributed by atoms with van der Waals surface area (Å²) in [5, 5.41) is 9.86. The first-order chi connectivity index (χ1) is 28.2. The third-order valence-electron chi connectivity index (χ3n) is 14.4. The second kappa shape index (κ2) is 15.2. The second-order valence-electron chi connectivity index (χ2n) is 19.6. The van der Waals surface area contributed by atoms with Gasteiger partial charge in [0.15, 0.2) is 5.78 Å². The standard InChI is InChI=1S/C43H53F2N5O9S/c1-41(2,3)29-18-35(52)59-34-16-24-15-28(24)26(34)8-6-5-7-13-49-37(53)27-10-9-23(21-46)14-31(27)47-40(49)58-25-17-32(50(22-25)38(29)54)33(51)20-43(19-30(43)36(44)45)39(55)48-60(56,57)42(4)11-12-42/h9-10,14,24-26,28-30,32,34,36H,5-8,11-13,15-20,22H2,1-4H3,(H,48,55)/t24-,25+,26+,28-,29+,30-,32-,34+,43+/m0/s1. The minimum absolute atomic E-state index is 0.0728. The summed E-state index contributed by atoms with van der Waals surface area (Å²) in [6.45, 7) is 6.89. The molecule has 2 bridgehead atoms. The van der Waals surface area contributed by atoms with Crippen LogP contribution in [0.1, 0.15) is 110 Å². The van der Waals surface area contributed by atoms with Crippen molar-refractivity contribution in [3.8, 4) is 12.1 Å². The predicted octanol–water partition coefficient (Wildman–Crippen LogP) is 5.04. The summed E-state index contributed by atoms with van der Waals surface area (Å²) in [4.78, 5) is 76.8. The summed E-state index contributed by atoms with van der Waals surface area (Å²) in [5.41, 5.74) is -2.73. The van der Waals surface area contributed by atoms with Crippen LogP contribution in [0.3, 0.4) is 0 Å². The fraction of sp³-hybridized carbons (Fsp3) is 0.698. The molecule has 8 rings (SSSR count). The zero-order valence-electron chi connectivity index (χ0n) is 34.5. The van der Waals surface area contributed by atoms with Crippen LogP contribution in [0.4, 0.5) is 8.78 Å². The van der Waals surface area contributed by atoms with Gasteiger partial charge < -0.3 is 14.4 Å². The number of amides is 2. The van der Waals surface area contributed by atoms with Gasteiger partial charge in [-0.2, -0.15) is 10.2 Å². The molecule has 2 aromatic rings. The van der Waals surface area contributed by atoms with E-state index in [1.54, 1.807) is 26.8 Å². The van der Waals surface area contributed by atoms with Crippen LogP contribution in [0.2, 0.25) is 0 Å². The van der Waals surface area contributed by atoms with Gasteiger partial charge in [0.05, 0.1) is 57.6 Å². The van der Waals surface area contributed by atoms with Gasteiger partial charge in [-0.1, -0.05) is 33.6 Å². The molecule has 0 unspecified atom stereocenters. The number of nitrogens with zero attached hydrogens (tertiary/aromatic N) is 4. The number of aromatic nitrogens is 2. The van der Waals surface area contributed by atoms with Crippen molar-refractivity contribution in [1.82, 2.24) is 19.2 Å². The average Bonchev–Trinajstić information content (AvgIpc) is 4.14. The number of hydrogen-bond acceptors (Lipinski definition) is 11. The highest BCUT2D eigenvalue weighted by Crippen LogP contribution is 2.60. The lowest BCUT2D eigenvalue weighted by atomic mass is 9.77. The quantitative estimate of drug-likeness (QED) is 0.367. The Morgan fingerprint density at radius 2 is 1.82 bits per heavy atom. The van der Waals surface area contributed by atoms with Gasteiger partial charge in [0.25, 0.3) is 11.6 Å². The third-order valence-corrected chi connectivity index (χ3v) is 16.6. The number of sulfonamides is 1. The van der Waals surface area contributed by atoms with E-state index in [0.717, 1.165) is 32.1 Å². The smallest absolute Gasteiger partial charge is 0.306 e. The minimum atomic E-state index is -4.22. The highest BCUT2D eigenvalue weighted by atomic mass is 32.2. The number of Topliss-reactive ketones (excluding diaryl/α,β-unsaturated/α-hetero) is 1. The minimum Gasteiger partial charge on any atom is -0.462 e. The Labute approximate surface area is 347 Å². The molecule has 1 saturated heterocycles. The highest BCUT2D eigenvalue weighted by Gasteiger charge is 2.67. The zero-order chi connectivity index (χ0) is 43.1. The fourth-order valence-corrected chi connectivity index (χ4v) is 11.4. The Morgan fingerprint density at radius 3 is 2.48 bits per heavy atom. The molecule has 6 aliphatic rings. The molecule has 5 fully saturated rings. The van der Waals surface area contributed by atoms with E-state index >= 15 is 0 Å². The van der Waals surface area contributed by atoms with Gasteiger partial charge in [0.2, 0.25) is 28.3 Å². The normalized spacial score (nSPS) is 32.7. The van der Waals surface area contributed by atoms with Crippen molar-refractivity contribution >= 4 is 44.5 Å². The molecule has 0 radical (unpaired) electrons. The Bertz CT molecular complexity index is 2340. The van der Waals surface area contributed by atoms with E-state index in [4.69, 9.17) is 9.47 Å². The van der Waals surface area contributed by atoms with E-state index in [2.05, 4.69) is 11.1 Å². The van der Waals surface area contributed by atoms with E-state index in [9.17, 15) is 46.4 Å². The van der Waals surface area contributed by atoms with Gasteiger partial charge in [-0.05, 0) is 93.2 Å². The Hall–Kier alpha value is -4.46. The topological polar surface area (TPSA) is 195 Å². The van der Waals surface area contributed by atoms with E-state index in [1.807, 2.05) is 4.72 Å². The van der Waals surface area contributed by atoms with Gasteiger partial charge in [-0.25, -0.2) is 17.2 Å². The highest BCUT2D eigenvalue weighted by molar-refractivity contribution is 7.91. The fourth-order valence-electron chi connectivity index (χ4n) is 10.1. The number of halogens is 2. The molecule has 17 heteroatoms. The number of nitriles is 1. The Morgan fingerprint density at radius 1 is 1.07 bits per heavy atom. The van der Waals surface area contributed by atoms with Crippen LogP contribution in [-0.4, -0.2) is 82.4 Å². The van der Waals surface area contributed by atoms with E-state index in [0.29, 0.717) is 31.1 Å². The number of benzene rings is 1. The molecule has 1 N–H and O–H groups in total. The molecule has 1 aromatic heterocycles. The van der Waals surface area contributed by atoms with Crippen LogP contribution < -0.4 is 15.0 Å². The number of esters is 1. The van der Waals surface area contributed by atoms with Gasteiger partial charge in [0.1, 0.15) is 12.2 Å². The van der Waals surface area contributed by atoms with E-state index in [1.165, 1.54) is 28.5 Å². The molecule has 14 nitrogen and oxygen atoms in total. The van der Waals surface area contributed by atoms with Gasteiger partial charge in [-0.3, -0.25) is 33.3 Å². The van der Waals surface area contributed by atoms with E-state index in [-0.39, 0.29) is 60.4 Å². The van der Waals surface area contributed by atoms with Crippen molar-refractivity contribution < 1.29 is 45.9 Å². The summed E-state index contributed by atoms with van der Waals surface area (Å²) in [7, 11) is -4.22. The SMILES string of the molecule is CC(C)(C)[C@@H]1CC(=O)O[C@@H]2C[C@@H]3C[C@@H]3[C@H]2CCCCCn2c(nc3cc(C#N)ccc3c2=O)O[C@@H]2C[C@@H](C(=O)C[C@]3(C(=O)NS(=O)(=O)C4(C)CC4)C[C@H]3C(F)F)N(C2)C1=O. The molecular formula is C43H53F2N5O9S. The lowest BCUT2D eigenvalue weighted by molar-refractivity contribution is -0.158. The summed E-state index contributed by atoms with van der Waals surface area (Å²) >= 11 is 0. The van der Waals surface area contributed by atoms with Gasteiger partial charge >= 0.3 is 5.97 Å². The van der Waals surface area contributed by atoms with E-state index < -0.39 is 98.0 Å². The summed E-state index contributed by atoms with van der Waals surface area (Å²) in [6.07, 6.45) is -0.356. The van der Waals surface area contributed by atoms with Crippen LogP contribution in [-0.2, 0) is 40.5 Å². The second-order valence-corrected chi connectivity index (χ2v) is 21.8. The van der Waals surface area contributed by atoms with Crippen molar-refractivity contribution in [1.29, 1.82) is 5.26 Å². The molecule has 1 aromatic carbocycles. The lowest BCUT2D eigenvalue weighted by Gasteiger charge is -2.35. The average molecular weight is 854 g/mol. The Balaban J connectivity index is 1.15. The van der Waals surface area contributed by atoms with Crippen LogP contribution in [0.5, 0.6) is 6.01 Å². The molecule has 9 atom stereocenters. The first kappa shape index (κ1) is 42.2. The number of ether oxygens (including phenoxy) is 2. The Kier molecular flexibility index (Phi) is 10.7. The van der Waals surface area contributed by atoms with Crippen molar-refractivity contribution in [2.45, 2.75) is 141 Å². The lowest BCUT2D eigenvalue weighted by Crippen LogP contribution is -2.49. The predicted molar refractivity (Wildman–Crippen MR) is 212 cm³/mol. The molecule has 2 amide bonds. The molecule has 60 heavy (non-hydrogen) atoms. The van der Waals surface area contributed by atoms with Crippen molar-refractivity contribution in [2.24, 2.45) is 40.4 Å². The monoisotopic (exact) mass is 853 g/mol. The third kappa shape index (κ3) is 7.81. The van der Waals surface area contributed by atoms with Crippen LogP contribution in [0, 0.1) is 51.8 Å². The van der Waals surface area contributed by atoms with Gasteiger partial charge in [0, 0.05) is 25.3 Å². The van der Waals surface area contributed by atoms with Gasteiger partial charge in [-0.15, -0.1) is 0 Å². The maximum absolute atomic E-state index is 14.9. The number of ketones is 1. The summed E-state index contributed by atoms with van der Waals surface area (Å²) in [5.74, 6) is -4.39. The number of nitrogens with one attached hydrogen (secondary N) is 1. The number of rotatable bonds is 7. The van der Waals surface area contributed by atoms with Crippen molar-refractivity contribution in [3.05, 3.63) is 34.1 Å². The molecule has 324 valence electrons. The maximum Gasteiger partial charge on any atom is 0.306 e. The molecule has 3 heterocycles. The van der Waals surface area contributed by atoms with Crippen LogP contribution in [0.15, 0.2) is 23.0 Å². The number of hydrogen-bond donors (Lipinski definition) is 1. The first-order valence-electron chi connectivity index (χ1n) is 21.2. The number of alkyl halides is 2. The largest absolute Gasteiger partial charge is 0.462 e. The maximum atomic E-state index is 14.9. The first-order valence-corrected chi connectivity index (χ1v) is 22.7. The summed E-state index contributed by atoms with van der Waals surface area (Å²) in [6, 6.07) is 5.21. The van der Waals surface area contributed by atoms with Crippen molar-refractivity contribution in [2.75, 3.05) is 6.54 Å².